The number of hydrogen-bond donors (Lipinski definition) is 2. The quantitative estimate of drug-likeness (QED) is 0.184. The van der Waals surface area contributed by atoms with Crippen LogP contribution in [-0.2, 0) is 14.4 Å². The Labute approximate surface area is 246 Å². The number of nitrogens with one attached hydrogen (secondary N) is 2. The van der Waals surface area contributed by atoms with Crippen LogP contribution in [0.5, 0.6) is 11.5 Å². The Hall–Kier alpha value is -3.71. The lowest BCUT2D eigenvalue weighted by atomic mass is 10.1. The lowest BCUT2D eigenvalue weighted by Crippen LogP contribution is -2.54. The molecule has 4 rings (SSSR count). The molecule has 2 N–H and O–H groups in total. The molecule has 1 aliphatic heterocycles. The summed E-state index contributed by atoms with van der Waals surface area (Å²) in [5, 5.41) is 4.99. The van der Waals surface area contributed by atoms with E-state index in [2.05, 4.69) is 26.6 Å². The van der Waals surface area contributed by atoms with Crippen LogP contribution in [0.1, 0.15) is 18.1 Å². The highest BCUT2D eigenvalue weighted by Gasteiger charge is 2.36. The molecule has 3 aromatic carbocycles. The number of urea groups is 1. The summed E-state index contributed by atoms with van der Waals surface area (Å²) in [5.74, 6) is -1.22. The third-order valence-corrected chi connectivity index (χ3v) is 6.84. The Balaban J connectivity index is 1.57. The monoisotopic (exact) mass is 703 g/mol. The number of barbiturate groups is 1. The van der Waals surface area contributed by atoms with Crippen LogP contribution in [0.2, 0.25) is 0 Å². The molecule has 1 fully saturated rings. The van der Waals surface area contributed by atoms with E-state index in [-0.39, 0.29) is 18.1 Å². The van der Waals surface area contributed by atoms with Gasteiger partial charge in [0.2, 0.25) is 0 Å². The molecule has 0 aromatic heterocycles. The fraction of sp³-hybridized carbons (Fsp3) is 0.143. The van der Waals surface area contributed by atoms with Gasteiger partial charge in [-0.1, -0.05) is 33.6 Å². The highest BCUT2D eigenvalue weighted by molar-refractivity contribution is 14.1. The van der Waals surface area contributed by atoms with Gasteiger partial charge in [-0.15, -0.1) is 0 Å². The van der Waals surface area contributed by atoms with E-state index in [0.717, 1.165) is 14.9 Å². The number of anilines is 2. The first-order valence-electron chi connectivity index (χ1n) is 11.8. The fourth-order valence-electron chi connectivity index (χ4n) is 3.69. The van der Waals surface area contributed by atoms with E-state index in [1.165, 1.54) is 6.08 Å². The Morgan fingerprint density at radius 3 is 2.41 bits per heavy atom. The number of ether oxygens (including phenoxy) is 2. The van der Waals surface area contributed by atoms with Crippen molar-refractivity contribution >= 4 is 79.7 Å². The van der Waals surface area contributed by atoms with Crippen LogP contribution in [0.25, 0.3) is 6.08 Å². The first kappa shape index (κ1) is 28.3. The molecule has 39 heavy (non-hydrogen) atoms. The fourth-order valence-corrected chi connectivity index (χ4v) is 4.74. The van der Waals surface area contributed by atoms with E-state index >= 15 is 0 Å². The third kappa shape index (κ3) is 6.84. The number of hydrogen-bond acceptors (Lipinski definition) is 6. The molecular formula is C28H23BrIN3O6. The van der Waals surface area contributed by atoms with Crippen molar-refractivity contribution in [2.24, 2.45) is 0 Å². The maximum atomic E-state index is 13.2. The first-order valence-corrected chi connectivity index (χ1v) is 13.7. The van der Waals surface area contributed by atoms with Gasteiger partial charge in [0.25, 0.3) is 17.7 Å². The lowest BCUT2D eigenvalue weighted by Gasteiger charge is -2.26. The number of nitrogens with zero attached hydrogens (tertiary/aromatic N) is 1. The molecule has 0 radical (unpaired) electrons. The molecule has 0 unspecified atom stereocenters. The molecule has 1 aliphatic rings. The van der Waals surface area contributed by atoms with Crippen molar-refractivity contribution in [3.8, 4) is 11.5 Å². The standard InChI is InChI=1S/C28H23BrIN3O6/c1-3-38-23-14-17(13-22(30)25(23)39-15-24(34)31-19-8-4-16(2)5-9-19)12-21-26(35)32-28(37)33(27(21)36)20-10-6-18(29)7-11-20/h4-14H,3,15H2,1-2H3,(H,31,34)(H,32,35,37)/b21-12+. The second kappa shape index (κ2) is 12.4. The van der Waals surface area contributed by atoms with Gasteiger partial charge in [-0.3, -0.25) is 19.7 Å². The van der Waals surface area contributed by atoms with E-state index in [1.54, 1.807) is 55.5 Å². The van der Waals surface area contributed by atoms with E-state index in [9.17, 15) is 19.2 Å². The van der Waals surface area contributed by atoms with Crippen LogP contribution in [0.15, 0.2) is 70.7 Å². The van der Waals surface area contributed by atoms with Crippen molar-refractivity contribution in [1.82, 2.24) is 5.32 Å². The van der Waals surface area contributed by atoms with Crippen LogP contribution in [0.4, 0.5) is 16.2 Å². The second-order valence-electron chi connectivity index (χ2n) is 8.40. The summed E-state index contributed by atoms with van der Waals surface area (Å²) in [6.45, 7) is 3.81. The maximum absolute atomic E-state index is 13.2. The van der Waals surface area contributed by atoms with Gasteiger partial charge in [-0.05, 0) is 96.6 Å². The highest BCUT2D eigenvalue weighted by Crippen LogP contribution is 2.35. The van der Waals surface area contributed by atoms with Gasteiger partial charge in [0.05, 0.1) is 15.9 Å². The van der Waals surface area contributed by atoms with Gasteiger partial charge >= 0.3 is 6.03 Å². The van der Waals surface area contributed by atoms with Crippen molar-refractivity contribution in [2.45, 2.75) is 13.8 Å². The number of amides is 5. The van der Waals surface area contributed by atoms with E-state index in [0.29, 0.717) is 38.6 Å². The predicted octanol–water partition coefficient (Wildman–Crippen LogP) is 5.44. The molecule has 3 aromatic rings. The minimum atomic E-state index is -0.832. The number of carbonyl (C=O) groups excluding carboxylic acids is 4. The Kier molecular flexibility index (Phi) is 9.02. The summed E-state index contributed by atoms with van der Waals surface area (Å²) in [6.07, 6.45) is 1.38. The molecule has 0 atom stereocenters. The van der Waals surface area contributed by atoms with Crippen LogP contribution in [0.3, 0.4) is 0 Å². The zero-order chi connectivity index (χ0) is 28.1. The number of benzene rings is 3. The molecule has 0 aliphatic carbocycles. The Morgan fingerprint density at radius 1 is 1.05 bits per heavy atom. The van der Waals surface area contributed by atoms with E-state index in [4.69, 9.17) is 9.47 Å². The molecule has 1 saturated heterocycles. The average molecular weight is 704 g/mol. The van der Waals surface area contributed by atoms with Gasteiger partial charge in [0, 0.05) is 10.2 Å². The molecule has 5 amide bonds. The van der Waals surface area contributed by atoms with E-state index in [1.807, 2.05) is 41.6 Å². The molecular weight excluding hydrogens is 681 g/mol. The second-order valence-corrected chi connectivity index (χ2v) is 10.5. The number of carbonyl (C=O) groups is 4. The summed E-state index contributed by atoms with van der Waals surface area (Å²) in [7, 11) is 0. The molecule has 0 saturated carbocycles. The van der Waals surface area contributed by atoms with Crippen LogP contribution in [-0.4, -0.2) is 37.0 Å². The van der Waals surface area contributed by atoms with Crippen molar-refractivity contribution in [1.29, 1.82) is 0 Å². The van der Waals surface area contributed by atoms with Gasteiger partial charge in [0.15, 0.2) is 18.1 Å². The van der Waals surface area contributed by atoms with Crippen LogP contribution < -0.4 is 25.0 Å². The summed E-state index contributed by atoms with van der Waals surface area (Å²) < 4.78 is 12.9. The van der Waals surface area contributed by atoms with Gasteiger partial charge in [-0.25, -0.2) is 9.69 Å². The molecule has 11 heteroatoms. The van der Waals surface area contributed by atoms with Gasteiger partial charge in [-0.2, -0.15) is 0 Å². The van der Waals surface area contributed by atoms with Gasteiger partial charge < -0.3 is 14.8 Å². The minimum absolute atomic E-state index is 0.220. The smallest absolute Gasteiger partial charge is 0.335 e. The molecule has 0 spiro atoms. The largest absolute Gasteiger partial charge is 0.490 e. The van der Waals surface area contributed by atoms with Crippen LogP contribution in [0, 0.1) is 10.5 Å². The molecule has 9 nitrogen and oxygen atoms in total. The van der Waals surface area contributed by atoms with Crippen LogP contribution >= 0.6 is 38.5 Å². The zero-order valence-electron chi connectivity index (χ0n) is 20.9. The van der Waals surface area contributed by atoms with Crippen molar-refractivity contribution in [3.63, 3.8) is 0 Å². The average Bonchev–Trinajstić information content (AvgIpc) is 2.88. The Morgan fingerprint density at radius 2 is 1.74 bits per heavy atom. The molecule has 200 valence electrons. The topological polar surface area (TPSA) is 114 Å². The number of rotatable bonds is 8. The predicted molar refractivity (Wildman–Crippen MR) is 159 cm³/mol. The first-order chi connectivity index (χ1) is 18.7. The van der Waals surface area contributed by atoms with Crippen molar-refractivity contribution in [3.05, 3.63) is 85.4 Å². The van der Waals surface area contributed by atoms with Crippen molar-refractivity contribution < 1.29 is 28.7 Å². The number of halogens is 2. The SMILES string of the molecule is CCOc1cc(/C=C2\C(=O)NC(=O)N(c3ccc(Br)cc3)C2=O)cc(I)c1OCC(=O)Nc1ccc(C)cc1. The number of aryl methyl sites for hydroxylation is 1. The van der Waals surface area contributed by atoms with Crippen molar-refractivity contribution in [2.75, 3.05) is 23.4 Å². The normalized spacial score (nSPS) is 14.3. The highest BCUT2D eigenvalue weighted by atomic mass is 127. The minimum Gasteiger partial charge on any atom is -0.490 e. The summed E-state index contributed by atoms with van der Waals surface area (Å²) in [6, 6.07) is 16.4. The molecule has 1 heterocycles. The van der Waals surface area contributed by atoms with E-state index < -0.39 is 17.8 Å². The maximum Gasteiger partial charge on any atom is 0.335 e. The lowest BCUT2D eigenvalue weighted by molar-refractivity contribution is -0.122. The summed E-state index contributed by atoms with van der Waals surface area (Å²) in [4.78, 5) is 51.6. The number of imide groups is 2. The summed E-state index contributed by atoms with van der Waals surface area (Å²) >= 11 is 5.35. The van der Waals surface area contributed by atoms with Gasteiger partial charge in [0.1, 0.15) is 5.57 Å². The zero-order valence-corrected chi connectivity index (χ0v) is 24.7. The Bertz CT molecular complexity index is 1470. The summed E-state index contributed by atoms with van der Waals surface area (Å²) in [5.41, 5.74) is 2.30. The molecule has 0 bridgehead atoms. The third-order valence-electron chi connectivity index (χ3n) is 5.51.